The maximum Gasteiger partial charge on any atom is 0.256 e. The molecule has 6 heteroatoms. The number of aryl methyl sites for hydroxylation is 2. The molecule has 1 atom stereocenters. The van der Waals surface area contributed by atoms with Gasteiger partial charge in [-0.15, -0.1) is 22.7 Å². The number of carbonyl (C=O) groups is 1. The zero-order chi connectivity index (χ0) is 15.2. The molecular weight excluding hydrogens is 322 g/mol. The van der Waals surface area contributed by atoms with Crippen LogP contribution in [-0.4, -0.2) is 22.6 Å². The summed E-state index contributed by atoms with van der Waals surface area (Å²) in [6, 6.07) is 8.67. The lowest BCUT2D eigenvalue weighted by Gasteiger charge is -2.10. The first-order chi connectivity index (χ1) is 10.1. The van der Waals surface area contributed by atoms with E-state index in [1.807, 2.05) is 28.9 Å². The summed E-state index contributed by atoms with van der Waals surface area (Å²) in [5, 5.41) is 8.50. The Morgan fingerprint density at radius 1 is 1.29 bits per heavy atom. The Balaban J connectivity index is 1.87. The predicted octanol–water partition coefficient (Wildman–Crippen LogP) is 4.34. The van der Waals surface area contributed by atoms with Crippen molar-refractivity contribution in [2.24, 2.45) is 0 Å². The van der Waals surface area contributed by atoms with Gasteiger partial charge in [0.25, 0.3) is 5.91 Å². The van der Waals surface area contributed by atoms with Gasteiger partial charge in [0, 0.05) is 19.5 Å². The smallest absolute Gasteiger partial charge is 0.256 e. The Labute approximate surface area is 137 Å². The van der Waals surface area contributed by atoms with Crippen molar-refractivity contribution >= 4 is 40.3 Å². The normalized spacial score (nSPS) is 12.3. The van der Waals surface area contributed by atoms with Crippen LogP contribution in [0.25, 0.3) is 9.75 Å². The molecule has 1 amide bonds. The van der Waals surface area contributed by atoms with Crippen LogP contribution in [0.5, 0.6) is 0 Å². The molecule has 0 aliphatic rings. The van der Waals surface area contributed by atoms with Crippen LogP contribution in [0.4, 0.5) is 0 Å². The maximum absolute atomic E-state index is 11.4. The molecular formula is C15H19NO2S3. The molecule has 0 aromatic carbocycles. The zero-order valence-corrected chi connectivity index (χ0v) is 14.5. The van der Waals surface area contributed by atoms with Gasteiger partial charge in [-0.2, -0.15) is 11.8 Å². The molecule has 2 heterocycles. The molecule has 1 unspecified atom stereocenters. The van der Waals surface area contributed by atoms with E-state index in [1.54, 1.807) is 5.48 Å². The summed E-state index contributed by atoms with van der Waals surface area (Å²) < 4.78 is 0. The molecule has 3 nitrogen and oxygen atoms in total. The van der Waals surface area contributed by atoms with Gasteiger partial charge in [-0.1, -0.05) is 0 Å². The van der Waals surface area contributed by atoms with E-state index in [4.69, 9.17) is 5.21 Å². The van der Waals surface area contributed by atoms with E-state index in [1.165, 1.54) is 31.3 Å². The van der Waals surface area contributed by atoms with E-state index in [-0.39, 0.29) is 11.2 Å². The van der Waals surface area contributed by atoms with Gasteiger partial charge in [-0.25, -0.2) is 5.48 Å². The third kappa shape index (κ3) is 4.57. The molecule has 114 valence electrons. The van der Waals surface area contributed by atoms with Crippen LogP contribution < -0.4 is 5.48 Å². The first-order valence-electron chi connectivity index (χ1n) is 6.76. The number of thiophene rings is 2. The fraction of sp³-hybridized carbons (Fsp3) is 0.400. The lowest BCUT2D eigenvalue weighted by molar-refractivity contribution is -0.128. The highest BCUT2D eigenvalue weighted by atomic mass is 32.2. The highest BCUT2D eigenvalue weighted by Gasteiger charge is 2.16. The lowest BCUT2D eigenvalue weighted by Crippen LogP contribution is -2.29. The van der Waals surface area contributed by atoms with Crippen molar-refractivity contribution in [1.29, 1.82) is 0 Å². The van der Waals surface area contributed by atoms with Gasteiger partial charge in [0.1, 0.15) is 0 Å². The number of carbonyl (C=O) groups excluding carboxylic acids is 1. The van der Waals surface area contributed by atoms with Gasteiger partial charge < -0.3 is 0 Å². The minimum atomic E-state index is -0.302. The number of thioether (sulfide) groups is 1. The number of hydroxylamine groups is 1. The SMILES string of the molecule is CSC(CCCc1ccc(-c2ccc(C)s2)s1)C(=O)NO. The van der Waals surface area contributed by atoms with E-state index in [0.29, 0.717) is 0 Å². The number of hydrogen-bond donors (Lipinski definition) is 2. The van der Waals surface area contributed by atoms with Crippen molar-refractivity contribution in [3.8, 4) is 9.75 Å². The number of amides is 1. The standard InChI is InChI=1S/C15H19NO2S3/c1-10-6-8-12(20-10)13-9-7-11(21-13)4-3-5-14(19-2)15(17)16-18/h6-9,14,18H,3-5H2,1-2H3,(H,16,17). The van der Waals surface area contributed by atoms with E-state index in [9.17, 15) is 4.79 Å². The number of rotatable bonds is 7. The van der Waals surface area contributed by atoms with Crippen LogP contribution >= 0.6 is 34.4 Å². The van der Waals surface area contributed by atoms with Crippen molar-refractivity contribution in [2.45, 2.75) is 31.4 Å². The molecule has 0 spiro atoms. The summed E-state index contributed by atoms with van der Waals surface area (Å²) in [7, 11) is 0. The van der Waals surface area contributed by atoms with Crippen molar-refractivity contribution in [3.63, 3.8) is 0 Å². The van der Waals surface area contributed by atoms with Crippen molar-refractivity contribution < 1.29 is 10.0 Å². The molecule has 0 radical (unpaired) electrons. The van der Waals surface area contributed by atoms with Crippen molar-refractivity contribution in [2.75, 3.05) is 6.26 Å². The van der Waals surface area contributed by atoms with Gasteiger partial charge >= 0.3 is 0 Å². The molecule has 21 heavy (non-hydrogen) atoms. The monoisotopic (exact) mass is 341 g/mol. The average Bonchev–Trinajstić information content (AvgIpc) is 3.11. The Morgan fingerprint density at radius 2 is 2.00 bits per heavy atom. The van der Waals surface area contributed by atoms with E-state index in [0.717, 1.165) is 19.3 Å². The summed E-state index contributed by atoms with van der Waals surface area (Å²) >= 11 is 5.12. The Bertz CT molecular complexity index is 591. The molecule has 0 fully saturated rings. The Kier molecular flexibility index (Phi) is 6.29. The van der Waals surface area contributed by atoms with Gasteiger partial charge in [0.05, 0.1) is 5.25 Å². The fourth-order valence-electron chi connectivity index (χ4n) is 2.10. The summed E-state index contributed by atoms with van der Waals surface area (Å²) in [6.07, 6.45) is 4.59. The topological polar surface area (TPSA) is 49.3 Å². The molecule has 2 aromatic rings. The van der Waals surface area contributed by atoms with Crippen LogP contribution in [-0.2, 0) is 11.2 Å². The highest BCUT2D eigenvalue weighted by molar-refractivity contribution is 7.99. The Morgan fingerprint density at radius 3 is 2.62 bits per heavy atom. The van der Waals surface area contributed by atoms with Gasteiger partial charge in [-0.05, 0) is 56.7 Å². The molecule has 0 saturated heterocycles. The largest absolute Gasteiger partial charge is 0.289 e. The van der Waals surface area contributed by atoms with E-state index < -0.39 is 0 Å². The van der Waals surface area contributed by atoms with Crippen LogP contribution in [0.1, 0.15) is 22.6 Å². The van der Waals surface area contributed by atoms with E-state index in [2.05, 4.69) is 31.2 Å². The second-order valence-corrected chi connectivity index (χ2v) is 8.27. The number of hydrogen-bond acceptors (Lipinski definition) is 5. The van der Waals surface area contributed by atoms with Crippen LogP contribution in [0.15, 0.2) is 24.3 Å². The minimum Gasteiger partial charge on any atom is -0.289 e. The summed E-state index contributed by atoms with van der Waals surface area (Å²) in [5.74, 6) is -0.302. The quantitative estimate of drug-likeness (QED) is 0.581. The molecule has 2 N–H and O–H groups in total. The molecule has 2 aromatic heterocycles. The first kappa shape index (κ1) is 16.5. The summed E-state index contributed by atoms with van der Waals surface area (Å²) in [5.41, 5.74) is 1.74. The van der Waals surface area contributed by atoms with Gasteiger partial charge in [0.2, 0.25) is 0 Å². The van der Waals surface area contributed by atoms with Crippen LogP contribution in [0, 0.1) is 6.92 Å². The fourth-order valence-corrected chi connectivity index (χ4v) is 4.78. The second kappa shape index (κ2) is 7.98. The molecule has 2 rings (SSSR count). The summed E-state index contributed by atoms with van der Waals surface area (Å²) in [4.78, 5) is 16.7. The van der Waals surface area contributed by atoms with Gasteiger partial charge in [-0.3, -0.25) is 10.0 Å². The van der Waals surface area contributed by atoms with E-state index >= 15 is 0 Å². The third-order valence-electron chi connectivity index (χ3n) is 3.22. The van der Waals surface area contributed by atoms with Crippen molar-refractivity contribution in [1.82, 2.24) is 5.48 Å². The zero-order valence-electron chi connectivity index (χ0n) is 12.1. The van der Waals surface area contributed by atoms with Crippen LogP contribution in [0.3, 0.4) is 0 Å². The Hall–Kier alpha value is -0.820. The highest BCUT2D eigenvalue weighted by Crippen LogP contribution is 2.34. The maximum atomic E-state index is 11.4. The lowest BCUT2D eigenvalue weighted by atomic mass is 10.1. The molecule has 0 bridgehead atoms. The third-order valence-corrected chi connectivity index (χ3v) is 6.58. The molecule has 0 aliphatic heterocycles. The predicted molar refractivity (Wildman–Crippen MR) is 92.5 cm³/mol. The molecule has 0 saturated carbocycles. The second-order valence-electron chi connectivity index (χ2n) is 4.77. The minimum absolute atomic E-state index is 0.172. The number of nitrogens with one attached hydrogen (secondary N) is 1. The first-order valence-corrected chi connectivity index (χ1v) is 9.68. The average molecular weight is 342 g/mol. The van der Waals surface area contributed by atoms with Gasteiger partial charge in [0.15, 0.2) is 0 Å². The van der Waals surface area contributed by atoms with Crippen LogP contribution in [0.2, 0.25) is 0 Å². The summed E-state index contributed by atoms with van der Waals surface area (Å²) in [6.45, 7) is 2.12. The van der Waals surface area contributed by atoms with Crippen molar-refractivity contribution in [3.05, 3.63) is 34.0 Å². The molecule has 0 aliphatic carbocycles.